The van der Waals surface area contributed by atoms with Crippen LogP contribution in [0.25, 0.3) is 0 Å². The van der Waals surface area contributed by atoms with Gasteiger partial charge in [-0.2, -0.15) is 0 Å². The molecule has 1 atom stereocenters. The Morgan fingerprint density at radius 2 is 1.74 bits per heavy atom. The highest BCUT2D eigenvalue weighted by Gasteiger charge is 2.21. The van der Waals surface area contributed by atoms with Crippen LogP contribution in [0.3, 0.4) is 0 Å². The first-order valence-corrected chi connectivity index (χ1v) is 11.1. The van der Waals surface area contributed by atoms with Gasteiger partial charge < -0.3 is 10.1 Å². The molecule has 0 unspecified atom stereocenters. The fraction of sp³-hybridized carbons (Fsp3) is 0.333. The number of esters is 1. The maximum absolute atomic E-state index is 12.3. The van der Waals surface area contributed by atoms with E-state index >= 15 is 0 Å². The standard InChI is InChI=1S/C21H23NO3S2/c1-15(19(23)22-12-11-16-5-3-2-4-6-16)25-20(24)17-7-9-18(10-8-17)21-26-13-14-27-21/h2-10,15,21H,11-14H2,1H3,(H,22,23)/t15-/m1/s1. The zero-order chi connectivity index (χ0) is 19.1. The van der Waals surface area contributed by atoms with Crippen molar-refractivity contribution in [3.63, 3.8) is 0 Å². The van der Waals surface area contributed by atoms with Crippen molar-refractivity contribution in [2.75, 3.05) is 18.1 Å². The molecule has 4 nitrogen and oxygen atoms in total. The Hall–Kier alpha value is -1.92. The number of amides is 1. The van der Waals surface area contributed by atoms with Crippen LogP contribution in [0.2, 0.25) is 0 Å². The molecule has 2 aromatic carbocycles. The Morgan fingerprint density at radius 3 is 2.41 bits per heavy atom. The minimum Gasteiger partial charge on any atom is -0.449 e. The summed E-state index contributed by atoms with van der Waals surface area (Å²) in [7, 11) is 0. The van der Waals surface area contributed by atoms with Crippen LogP contribution in [0.4, 0.5) is 0 Å². The Morgan fingerprint density at radius 1 is 1.07 bits per heavy atom. The summed E-state index contributed by atoms with van der Waals surface area (Å²) in [4.78, 5) is 24.4. The average Bonchev–Trinajstić information content (AvgIpc) is 3.23. The third-order valence-electron chi connectivity index (χ3n) is 4.25. The SMILES string of the molecule is C[C@@H](OC(=O)c1ccc(C2SCCS2)cc1)C(=O)NCCc1ccccc1. The first kappa shape index (κ1) is 19.8. The molecular weight excluding hydrogens is 378 g/mol. The van der Waals surface area contributed by atoms with E-state index in [0.29, 0.717) is 16.7 Å². The minimum absolute atomic E-state index is 0.283. The molecule has 0 bridgehead atoms. The second kappa shape index (κ2) is 9.85. The van der Waals surface area contributed by atoms with Gasteiger partial charge in [-0.15, -0.1) is 23.5 Å². The van der Waals surface area contributed by atoms with Crippen LogP contribution in [0.5, 0.6) is 0 Å². The van der Waals surface area contributed by atoms with E-state index in [0.717, 1.165) is 23.5 Å². The summed E-state index contributed by atoms with van der Waals surface area (Å²) in [6.07, 6.45) is -0.0831. The molecule has 1 heterocycles. The quantitative estimate of drug-likeness (QED) is 0.709. The van der Waals surface area contributed by atoms with Crippen LogP contribution in [0, 0.1) is 0 Å². The van der Waals surface area contributed by atoms with Crippen LogP contribution in [0.15, 0.2) is 54.6 Å². The molecule has 0 saturated carbocycles. The van der Waals surface area contributed by atoms with Gasteiger partial charge in [-0.1, -0.05) is 42.5 Å². The maximum atomic E-state index is 12.3. The number of carbonyl (C=O) groups is 2. The number of nitrogens with one attached hydrogen (secondary N) is 1. The van der Waals surface area contributed by atoms with E-state index in [1.165, 1.54) is 5.56 Å². The number of thioether (sulfide) groups is 2. The van der Waals surface area contributed by atoms with Gasteiger partial charge in [-0.05, 0) is 36.6 Å². The van der Waals surface area contributed by atoms with E-state index in [4.69, 9.17) is 4.74 Å². The fourth-order valence-corrected chi connectivity index (χ4v) is 5.59. The van der Waals surface area contributed by atoms with Gasteiger partial charge in [0.05, 0.1) is 10.1 Å². The Balaban J connectivity index is 1.45. The molecule has 2 aromatic rings. The Kier molecular flexibility index (Phi) is 7.24. The lowest BCUT2D eigenvalue weighted by atomic mass is 10.1. The third kappa shape index (κ3) is 5.78. The van der Waals surface area contributed by atoms with Gasteiger partial charge in [0, 0.05) is 18.1 Å². The van der Waals surface area contributed by atoms with Crippen molar-refractivity contribution in [1.29, 1.82) is 0 Å². The van der Waals surface area contributed by atoms with E-state index in [1.807, 2.05) is 66.0 Å². The first-order valence-electron chi connectivity index (χ1n) is 8.99. The predicted octanol–water partition coefficient (Wildman–Crippen LogP) is 4.07. The predicted molar refractivity (Wildman–Crippen MR) is 112 cm³/mol. The number of hydrogen-bond donors (Lipinski definition) is 1. The highest BCUT2D eigenvalue weighted by atomic mass is 32.2. The highest BCUT2D eigenvalue weighted by Crippen LogP contribution is 2.45. The first-order chi connectivity index (χ1) is 13.1. The molecule has 1 aliphatic rings. The largest absolute Gasteiger partial charge is 0.449 e. The molecule has 0 aliphatic carbocycles. The molecule has 27 heavy (non-hydrogen) atoms. The van der Waals surface area contributed by atoms with E-state index in [9.17, 15) is 9.59 Å². The summed E-state index contributed by atoms with van der Waals surface area (Å²) in [5.41, 5.74) is 2.84. The van der Waals surface area contributed by atoms with Gasteiger partial charge in [0.15, 0.2) is 6.10 Å². The van der Waals surface area contributed by atoms with Gasteiger partial charge in [0.25, 0.3) is 5.91 Å². The lowest BCUT2D eigenvalue weighted by molar-refractivity contribution is -0.129. The molecule has 1 N–H and O–H groups in total. The van der Waals surface area contributed by atoms with E-state index in [1.54, 1.807) is 19.1 Å². The smallest absolute Gasteiger partial charge is 0.338 e. The topological polar surface area (TPSA) is 55.4 Å². The van der Waals surface area contributed by atoms with Crippen LogP contribution in [-0.2, 0) is 16.0 Å². The molecule has 3 rings (SSSR count). The van der Waals surface area contributed by atoms with Crippen molar-refractivity contribution in [3.8, 4) is 0 Å². The lowest BCUT2D eigenvalue weighted by Crippen LogP contribution is -2.36. The number of rotatable bonds is 7. The zero-order valence-corrected chi connectivity index (χ0v) is 16.9. The van der Waals surface area contributed by atoms with Crippen molar-refractivity contribution in [2.24, 2.45) is 0 Å². The van der Waals surface area contributed by atoms with Crippen LogP contribution >= 0.6 is 23.5 Å². The monoisotopic (exact) mass is 401 g/mol. The molecule has 0 spiro atoms. The summed E-state index contributed by atoms with van der Waals surface area (Å²) in [5, 5.41) is 2.81. The van der Waals surface area contributed by atoms with Crippen LogP contribution in [0.1, 0.15) is 33.0 Å². The number of benzene rings is 2. The maximum Gasteiger partial charge on any atom is 0.338 e. The lowest BCUT2D eigenvalue weighted by Gasteiger charge is -2.14. The average molecular weight is 402 g/mol. The normalized spacial score (nSPS) is 15.3. The molecule has 0 radical (unpaired) electrons. The number of carbonyl (C=O) groups excluding carboxylic acids is 2. The number of hydrogen-bond acceptors (Lipinski definition) is 5. The fourth-order valence-electron chi connectivity index (χ4n) is 2.73. The summed E-state index contributed by atoms with van der Waals surface area (Å²) in [6.45, 7) is 2.10. The molecule has 1 amide bonds. The van der Waals surface area contributed by atoms with Gasteiger partial charge in [0.1, 0.15) is 0 Å². The summed E-state index contributed by atoms with van der Waals surface area (Å²) >= 11 is 3.85. The van der Waals surface area contributed by atoms with Gasteiger partial charge in [-0.25, -0.2) is 4.79 Å². The van der Waals surface area contributed by atoms with Crippen molar-refractivity contribution in [1.82, 2.24) is 5.32 Å². The third-order valence-corrected chi connectivity index (χ3v) is 7.35. The van der Waals surface area contributed by atoms with Crippen molar-refractivity contribution in [2.45, 2.75) is 24.0 Å². The highest BCUT2D eigenvalue weighted by molar-refractivity contribution is 8.19. The summed E-state index contributed by atoms with van der Waals surface area (Å²) in [5.74, 6) is 1.57. The molecule has 6 heteroatoms. The van der Waals surface area contributed by atoms with Crippen molar-refractivity contribution in [3.05, 3.63) is 71.3 Å². The second-order valence-corrected chi connectivity index (χ2v) is 8.99. The van der Waals surface area contributed by atoms with E-state index in [2.05, 4.69) is 5.32 Å². The molecule has 142 valence electrons. The van der Waals surface area contributed by atoms with Crippen molar-refractivity contribution < 1.29 is 14.3 Å². The van der Waals surface area contributed by atoms with Gasteiger partial charge in [-0.3, -0.25) is 4.79 Å². The van der Waals surface area contributed by atoms with Gasteiger partial charge in [0.2, 0.25) is 0 Å². The molecule has 1 saturated heterocycles. The molecule has 0 aromatic heterocycles. The molecule has 1 fully saturated rings. The second-order valence-electron chi connectivity index (χ2n) is 6.27. The van der Waals surface area contributed by atoms with E-state index in [-0.39, 0.29) is 5.91 Å². The van der Waals surface area contributed by atoms with E-state index < -0.39 is 12.1 Å². The molecule has 1 aliphatic heterocycles. The summed E-state index contributed by atoms with van der Waals surface area (Å²) in [6, 6.07) is 17.4. The van der Waals surface area contributed by atoms with Crippen LogP contribution < -0.4 is 5.32 Å². The Labute approximate surface area is 168 Å². The van der Waals surface area contributed by atoms with Gasteiger partial charge >= 0.3 is 5.97 Å². The summed E-state index contributed by atoms with van der Waals surface area (Å²) < 4.78 is 5.75. The zero-order valence-electron chi connectivity index (χ0n) is 15.2. The number of ether oxygens (including phenoxy) is 1. The Bertz CT molecular complexity index is 759. The molecular formula is C21H23NO3S2. The van der Waals surface area contributed by atoms with Crippen molar-refractivity contribution >= 4 is 35.4 Å². The minimum atomic E-state index is -0.825. The van der Waals surface area contributed by atoms with Crippen LogP contribution in [-0.4, -0.2) is 36.0 Å².